The number of hydrogen-bond donors (Lipinski definition) is 1. The van der Waals surface area contributed by atoms with E-state index in [2.05, 4.69) is 15.5 Å². The summed E-state index contributed by atoms with van der Waals surface area (Å²) in [7, 11) is 0. The summed E-state index contributed by atoms with van der Waals surface area (Å²) < 4.78 is 15.8. The molecular weight excluding hydrogens is 306 g/mol. The zero-order valence-electron chi connectivity index (χ0n) is 11.7. The van der Waals surface area contributed by atoms with Crippen LogP contribution in [0, 0.1) is 0 Å². The van der Waals surface area contributed by atoms with Gasteiger partial charge in [-0.05, 0) is 31.2 Å². The maximum Gasteiger partial charge on any atom is 0.284 e. The molecule has 1 N–H and O–H groups in total. The van der Waals surface area contributed by atoms with Gasteiger partial charge in [0.25, 0.3) is 11.1 Å². The van der Waals surface area contributed by atoms with Crippen molar-refractivity contribution in [3.63, 3.8) is 0 Å². The zero-order chi connectivity index (χ0) is 15.4. The van der Waals surface area contributed by atoms with Crippen molar-refractivity contribution in [2.75, 3.05) is 5.75 Å². The van der Waals surface area contributed by atoms with E-state index in [1.165, 1.54) is 6.26 Å². The fourth-order valence-electron chi connectivity index (χ4n) is 1.79. The van der Waals surface area contributed by atoms with Crippen molar-refractivity contribution >= 4 is 17.7 Å². The topological polar surface area (TPSA) is 94.3 Å². The van der Waals surface area contributed by atoms with Gasteiger partial charge in [-0.2, -0.15) is 0 Å². The van der Waals surface area contributed by atoms with Crippen molar-refractivity contribution in [3.05, 3.63) is 42.6 Å². The Morgan fingerprint density at radius 1 is 1.27 bits per heavy atom. The highest BCUT2D eigenvalue weighted by atomic mass is 32.2. The Morgan fingerprint density at radius 2 is 2.09 bits per heavy atom. The number of nitrogens with zero attached hydrogens (tertiary/aromatic N) is 2. The first-order valence-corrected chi connectivity index (χ1v) is 7.54. The highest BCUT2D eigenvalue weighted by Crippen LogP contribution is 2.23. The Hall–Kier alpha value is -2.48. The fraction of sp³-hybridized carbons (Fsp3) is 0.214. The Bertz CT molecular complexity index is 721. The second-order valence-electron chi connectivity index (χ2n) is 4.44. The Morgan fingerprint density at radius 3 is 2.82 bits per heavy atom. The van der Waals surface area contributed by atoms with Crippen LogP contribution in [0.4, 0.5) is 0 Å². The molecule has 3 rings (SSSR count). The molecule has 0 aliphatic rings. The van der Waals surface area contributed by atoms with E-state index in [1.807, 2.05) is 13.0 Å². The summed E-state index contributed by atoms with van der Waals surface area (Å²) in [4.78, 5) is 11.9. The minimum absolute atomic E-state index is 0.147. The molecule has 0 saturated carbocycles. The van der Waals surface area contributed by atoms with E-state index in [9.17, 15) is 4.79 Å². The van der Waals surface area contributed by atoms with Crippen molar-refractivity contribution in [3.8, 4) is 11.7 Å². The molecule has 0 aliphatic heterocycles. The van der Waals surface area contributed by atoms with E-state index in [4.69, 9.17) is 13.3 Å². The largest absolute Gasteiger partial charge is 0.467 e. The molecule has 22 heavy (non-hydrogen) atoms. The van der Waals surface area contributed by atoms with Gasteiger partial charge < -0.3 is 18.6 Å². The smallest absolute Gasteiger partial charge is 0.284 e. The molecule has 0 saturated heterocycles. The molecule has 1 atom stereocenters. The van der Waals surface area contributed by atoms with Crippen LogP contribution in [0.15, 0.2) is 55.3 Å². The summed E-state index contributed by atoms with van der Waals surface area (Å²) in [6, 6.07) is 6.85. The lowest BCUT2D eigenvalue weighted by atomic mass is 10.2. The molecule has 0 fully saturated rings. The lowest BCUT2D eigenvalue weighted by molar-refractivity contribution is -0.119. The third-order valence-electron chi connectivity index (χ3n) is 2.81. The van der Waals surface area contributed by atoms with Crippen LogP contribution < -0.4 is 5.32 Å². The van der Waals surface area contributed by atoms with Gasteiger partial charge in [0.15, 0.2) is 5.76 Å². The molecule has 0 aliphatic carbocycles. The van der Waals surface area contributed by atoms with Gasteiger partial charge in [-0.15, -0.1) is 10.2 Å². The summed E-state index contributed by atoms with van der Waals surface area (Å²) in [6.45, 7) is 1.85. The van der Waals surface area contributed by atoms with Crippen LogP contribution in [-0.2, 0) is 4.79 Å². The maximum absolute atomic E-state index is 11.9. The zero-order valence-corrected chi connectivity index (χ0v) is 12.5. The van der Waals surface area contributed by atoms with Crippen molar-refractivity contribution in [2.45, 2.75) is 18.2 Å². The molecule has 114 valence electrons. The van der Waals surface area contributed by atoms with Gasteiger partial charge in [0, 0.05) is 0 Å². The van der Waals surface area contributed by atoms with Gasteiger partial charge >= 0.3 is 0 Å². The van der Waals surface area contributed by atoms with Crippen molar-refractivity contribution in [1.82, 2.24) is 15.5 Å². The fourth-order valence-corrected chi connectivity index (χ4v) is 2.36. The Balaban J connectivity index is 1.51. The van der Waals surface area contributed by atoms with Crippen LogP contribution in [-0.4, -0.2) is 21.9 Å². The molecule has 1 amide bonds. The second kappa shape index (κ2) is 6.52. The predicted octanol–water partition coefficient (Wildman–Crippen LogP) is 2.89. The van der Waals surface area contributed by atoms with Gasteiger partial charge in [-0.1, -0.05) is 11.8 Å². The molecule has 3 aromatic rings. The number of carbonyl (C=O) groups excluding carboxylic acids is 1. The highest BCUT2D eigenvalue weighted by molar-refractivity contribution is 7.99. The highest BCUT2D eigenvalue weighted by Gasteiger charge is 2.15. The molecule has 8 heteroatoms. The molecule has 0 radical (unpaired) electrons. The van der Waals surface area contributed by atoms with Crippen molar-refractivity contribution in [1.29, 1.82) is 0 Å². The van der Waals surface area contributed by atoms with Crippen LogP contribution in [0.25, 0.3) is 11.7 Å². The first kappa shape index (κ1) is 14.5. The lowest BCUT2D eigenvalue weighted by Crippen LogP contribution is -2.27. The van der Waals surface area contributed by atoms with Crippen LogP contribution in [0.5, 0.6) is 0 Å². The maximum atomic E-state index is 11.9. The molecule has 1 unspecified atom stereocenters. The van der Waals surface area contributed by atoms with E-state index in [-0.39, 0.29) is 23.6 Å². The van der Waals surface area contributed by atoms with E-state index >= 15 is 0 Å². The normalized spacial score (nSPS) is 12.2. The van der Waals surface area contributed by atoms with E-state index in [0.29, 0.717) is 16.7 Å². The summed E-state index contributed by atoms with van der Waals surface area (Å²) in [5, 5.41) is 10.9. The average molecular weight is 319 g/mol. The molecule has 7 nitrogen and oxygen atoms in total. The number of thioether (sulfide) groups is 1. The van der Waals surface area contributed by atoms with Crippen LogP contribution in [0.3, 0.4) is 0 Å². The first-order chi connectivity index (χ1) is 10.7. The van der Waals surface area contributed by atoms with Gasteiger partial charge in [0.2, 0.25) is 5.91 Å². The minimum atomic E-state index is -0.190. The van der Waals surface area contributed by atoms with Crippen LogP contribution in [0.1, 0.15) is 18.7 Å². The number of rotatable bonds is 6. The van der Waals surface area contributed by atoms with Gasteiger partial charge in [0.1, 0.15) is 5.76 Å². The lowest BCUT2D eigenvalue weighted by Gasteiger charge is -2.10. The summed E-state index contributed by atoms with van der Waals surface area (Å²) in [5.74, 6) is 1.51. The quantitative estimate of drug-likeness (QED) is 0.698. The van der Waals surface area contributed by atoms with Gasteiger partial charge in [-0.3, -0.25) is 4.79 Å². The summed E-state index contributed by atoms with van der Waals surface area (Å²) in [5.41, 5.74) is 0. The standard InChI is InChI=1S/C14H13N3O4S/c1-9(10-4-2-6-19-10)15-12(18)8-22-14-17-16-13(21-14)11-5-3-7-20-11/h2-7,9H,8H2,1H3,(H,15,18). The minimum Gasteiger partial charge on any atom is -0.467 e. The third kappa shape index (κ3) is 3.40. The van der Waals surface area contributed by atoms with Gasteiger partial charge in [0.05, 0.1) is 24.3 Å². The number of furan rings is 2. The van der Waals surface area contributed by atoms with Crippen LogP contribution in [0.2, 0.25) is 0 Å². The number of amides is 1. The van der Waals surface area contributed by atoms with E-state index < -0.39 is 0 Å². The van der Waals surface area contributed by atoms with Gasteiger partial charge in [-0.25, -0.2) is 0 Å². The first-order valence-electron chi connectivity index (χ1n) is 6.55. The number of hydrogen-bond acceptors (Lipinski definition) is 7. The van der Waals surface area contributed by atoms with Crippen molar-refractivity contribution in [2.24, 2.45) is 0 Å². The number of aromatic nitrogens is 2. The molecular formula is C14H13N3O4S. The van der Waals surface area contributed by atoms with E-state index in [1.54, 1.807) is 24.5 Å². The number of nitrogens with one attached hydrogen (secondary N) is 1. The average Bonchev–Trinajstić information content (AvgIpc) is 3.25. The summed E-state index contributed by atoms with van der Waals surface area (Å²) in [6.07, 6.45) is 3.09. The Kier molecular flexibility index (Phi) is 4.29. The summed E-state index contributed by atoms with van der Waals surface area (Å²) >= 11 is 1.16. The Labute approximate surface area is 130 Å². The molecule has 0 spiro atoms. The third-order valence-corrected chi connectivity index (χ3v) is 3.63. The molecule has 3 aromatic heterocycles. The second-order valence-corrected chi connectivity index (χ2v) is 5.37. The molecule has 3 heterocycles. The SMILES string of the molecule is CC(NC(=O)CSc1nnc(-c2ccco2)o1)c1ccco1. The molecule has 0 aromatic carbocycles. The molecule has 0 bridgehead atoms. The van der Waals surface area contributed by atoms with Crippen molar-refractivity contribution < 1.29 is 18.0 Å². The van der Waals surface area contributed by atoms with E-state index in [0.717, 1.165) is 11.8 Å². The monoisotopic (exact) mass is 319 g/mol. The number of carbonyl (C=O) groups is 1. The predicted molar refractivity (Wildman–Crippen MR) is 78.0 cm³/mol. The van der Waals surface area contributed by atoms with Crippen LogP contribution >= 0.6 is 11.8 Å².